The minimum atomic E-state index is -0.827. The van der Waals surface area contributed by atoms with Crippen molar-refractivity contribution < 1.29 is 14.4 Å². The summed E-state index contributed by atoms with van der Waals surface area (Å²) in [5, 5.41) is 15.1. The minimum Gasteiger partial charge on any atom is -0.481 e. The SMILES string of the molecule is Cc1noc(CNC(C)CC(=O)O)n1. The van der Waals surface area contributed by atoms with Crippen LogP contribution >= 0.6 is 0 Å². The molecule has 1 aromatic rings. The van der Waals surface area contributed by atoms with Gasteiger partial charge in [-0.05, 0) is 13.8 Å². The number of aliphatic carboxylic acids is 1. The van der Waals surface area contributed by atoms with E-state index in [-0.39, 0.29) is 12.5 Å². The van der Waals surface area contributed by atoms with Crippen molar-refractivity contribution in [3.63, 3.8) is 0 Å². The van der Waals surface area contributed by atoms with Gasteiger partial charge < -0.3 is 14.9 Å². The van der Waals surface area contributed by atoms with E-state index in [0.717, 1.165) is 0 Å². The summed E-state index contributed by atoms with van der Waals surface area (Å²) in [4.78, 5) is 14.3. The zero-order valence-electron chi connectivity index (χ0n) is 8.15. The fourth-order valence-corrected chi connectivity index (χ4v) is 1.01. The summed E-state index contributed by atoms with van der Waals surface area (Å²) < 4.78 is 4.85. The molecule has 0 saturated heterocycles. The van der Waals surface area contributed by atoms with Crippen LogP contribution < -0.4 is 5.32 Å². The van der Waals surface area contributed by atoms with E-state index in [9.17, 15) is 4.79 Å². The monoisotopic (exact) mass is 199 g/mol. The highest BCUT2D eigenvalue weighted by atomic mass is 16.5. The maximum atomic E-state index is 10.3. The van der Waals surface area contributed by atoms with E-state index in [0.29, 0.717) is 18.3 Å². The highest BCUT2D eigenvalue weighted by Crippen LogP contribution is 1.97. The molecule has 0 spiro atoms. The average Bonchev–Trinajstić information content (AvgIpc) is 2.47. The molecule has 0 aliphatic heterocycles. The summed E-state index contributed by atoms with van der Waals surface area (Å²) in [6.45, 7) is 3.92. The zero-order chi connectivity index (χ0) is 10.6. The van der Waals surface area contributed by atoms with Gasteiger partial charge in [-0.1, -0.05) is 5.16 Å². The van der Waals surface area contributed by atoms with Crippen LogP contribution in [-0.4, -0.2) is 27.3 Å². The van der Waals surface area contributed by atoms with Crippen LogP contribution in [0, 0.1) is 6.92 Å². The van der Waals surface area contributed by atoms with Crippen LogP contribution in [0.3, 0.4) is 0 Å². The van der Waals surface area contributed by atoms with Gasteiger partial charge in [-0.15, -0.1) is 0 Å². The van der Waals surface area contributed by atoms with E-state index in [4.69, 9.17) is 9.63 Å². The molecule has 0 fully saturated rings. The molecular formula is C8H13N3O3. The first kappa shape index (κ1) is 10.6. The summed E-state index contributed by atoms with van der Waals surface area (Å²) in [6.07, 6.45) is 0.0765. The van der Waals surface area contributed by atoms with Crippen molar-refractivity contribution in [3.05, 3.63) is 11.7 Å². The van der Waals surface area contributed by atoms with Crippen LogP contribution in [0.25, 0.3) is 0 Å². The average molecular weight is 199 g/mol. The third-order valence-corrected chi connectivity index (χ3v) is 1.65. The Hall–Kier alpha value is -1.43. The van der Waals surface area contributed by atoms with Gasteiger partial charge in [0.1, 0.15) is 0 Å². The first-order valence-electron chi connectivity index (χ1n) is 4.32. The molecule has 14 heavy (non-hydrogen) atoms. The van der Waals surface area contributed by atoms with Crippen LogP contribution in [-0.2, 0) is 11.3 Å². The highest BCUT2D eigenvalue weighted by Gasteiger charge is 2.08. The van der Waals surface area contributed by atoms with Crippen molar-refractivity contribution in [1.82, 2.24) is 15.5 Å². The van der Waals surface area contributed by atoms with Gasteiger partial charge in [-0.2, -0.15) is 4.98 Å². The third kappa shape index (κ3) is 3.53. The molecule has 0 aliphatic carbocycles. The second-order valence-electron chi connectivity index (χ2n) is 3.12. The van der Waals surface area contributed by atoms with E-state index in [2.05, 4.69) is 15.5 Å². The quantitative estimate of drug-likeness (QED) is 0.710. The maximum Gasteiger partial charge on any atom is 0.304 e. The summed E-state index contributed by atoms with van der Waals surface area (Å²) in [5.41, 5.74) is 0. The van der Waals surface area contributed by atoms with Gasteiger partial charge in [0.25, 0.3) is 0 Å². The summed E-state index contributed by atoms with van der Waals surface area (Å²) in [6, 6.07) is -0.111. The van der Waals surface area contributed by atoms with E-state index >= 15 is 0 Å². The molecule has 0 saturated carbocycles. The van der Waals surface area contributed by atoms with Crippen molar-refractivity contribution in [2.24, 2.45) is 0 Å². The van der Waals surface area contributed by atoms with Crippen molar-refractivity contribution in [2.45, 2.75) is 32.9 Å². The number of hydrogen-bond acceptors (Lipinski definition) is 5. The van der Waals surface area contributed by atoms with Gasteiger partial charge in [-0.25, -0.2) is 0 Å². The van der Waals surface area contributed by atoms with Crippen molar-refractivity contribution in [2.75, 3.05) is 0 Å². The largest absolute Gasteiger partial charge is 0.481 e. The van der Waals surface area contributed by atoms with Gasteiger partial charge in [0.2, 0.25) is 5.89 Å². The smallest absolute Gasteiger partial charge is 0.304 e. The molecule has 1 heterocycles. The minimum absolute atomic E-state index is 0.0765. The Kier molecular flexibility index (Phi) is 3.58. The summed E-state index contributed by atoms with van der Waals surface area (Å²) in [7, 11) is 0. The second-order valence-corrected chi connectivity index (χ2v) is 3.12. The molecule has 6 heteroatoms. The van der Waals surface area contributed by atoms with E-state index in [1.54, 1.807) is 13.8 Å². The Bertz CT molecular complexity index is 311. The molecule has 0 bridgehead atoms. The lowest BCUT2D eigenvalue weighted by molar-refractivity contribution is -0.137. The molecule has 1 unspecified atom stereocenters. The molecule has 1 rings (SSSR count). The fraction of sp³-hybridized carbons (Fsp3) is 0.625. The lowest BCUT2D eigenvalue weighted by Gasteiger charge is -2.08. The van der Waals surface area contributed by atoms with E-state index in [1.807, 2.05) is 0 Å². The van der Waals surface area contributed by atoms with Gasteiger partial charge in [0.15, 0.2) is 5.82 Å². The lowest BCUT2D eigenvalue weighted by atomic mass is 10.2. The number of aryl methyl sites for hydroxylation is 1. The first-order valence-corrected chi connectivity index (χ1v) is 4.32. The van der Waals surface area contributed by atoms with Crippen LogP contribution in [0.5, 0.6) is 0 Å². The Balaban J connectivity index is 2.30. The number of carboxylic acid groups (broad SMARTS) is 1. The Morgan fingerprint density at radius 3 is 2.93 bits per heavy atom. The second kappa shape index (κ2) is 4.71. The van der Waals surface area contributed by atoms with Crippen molar-refractivity contribution in [3.8, 4) is 0 Å². The van der Waals surface area contributed by atoms with Gasteiger partial charge in [0, 0.05) is 6.04 Å². The molecule has 0 amide bonds. The summed E-state index contributed by atoms with van der Waals surface area (Å²) in [5.74, 6) is 0.221. The fourth-order valence-electron chi connectivity index (χ4n) is 1.01. The number of nitrogens with one attached hydrogen (secondary N) is 1. The maximum absolute atomic E-state index is 10.3. The number of carbonyl (C=O) groups is 1. The number of carboxylic acids is 1. The molecule has 2 N–H and O–H groups in total. The highest BCUT2D eigenvalue weighted by molar-refractivity contribution is 5.67. The predicted molar refractivity (Wildman–Crippen MR) is 47.6 cm³/mol. The van der Waals surface area contributed by atoms with Crippen LogP contribution in [0.15, 0.2) is 4.52 Å². The Labute approximate surface area is 81.3 Å². The predicted octanol–water partition coefficient (Wildman–Crippen LogP) is 0.331. The molecule has 0 aliphatic rings. The number of aromatic nitrogens is 2. The number of rotatable bonds is 5. The van der Waals surface area contributed by atoms with Crippen molar-refractivity contribution >= 4 is 5.97 Å². The van der Waals surface area contributed by atoms with Gasteiger partial charge in [-0.3, -0.25) is 4.79 Å². The summed E-state index contributed by atoms with van der Waals surface area (Å²) >= 11 is 0. The number of hydrogen-bond donors (Lipinski definition) is 2. The molecule has 0 radical (unpaired) electrons. The number of nitrogens with zero attached hydrogens (tertiary/aromatic N) is 2. The first-order chi connectivity index (χ1) is 6.58. The van der Waals surface area contributed by atoms with Crippen LogP contribution in [0.4, 0.5) is 0 Å². The van der Waals surface area contributed by atoms with Crippen LogP contribution in [0.1, 0.15) is 25.1 Å². The van der Waals surface area contributed by atoms with E-state index in [1.165, 1.54) is 0 Å². The van der Waals surface area contributed by atoms with Crippen LogP contribution in [0.2, 0.25) is 0 Å². The molecule has 1 atom stereocenters. The molecule has 1 aromatic heterocycles. The molecular weight excluding hydrogens is 186 g/mol. The van der Waals surface area contributed by atoms with E-state index < -0.39 is 5.97 Å². The zero-order valence-corrected chi connectivity index (χ0v) is 8.15. The normalized spacial score (nSPS) is 12.7. The third-order valence-electron chi connectivity index (χ3n) is 1.65. The Morgan fingerprint density at radius 2 is 2.43 bits per heavy atom. The molecule has 78 valence electrons. The molecule has 6 nitrogen and oxygen atoms in total. The van der Waals surface area contributed by atoms with Gasteiger partial charge >= 0.3 is 5.97 Å². The van der Waals surface area contributed by atoms with Gasteiger partial charge in [0.05, 0.1) is 13.0 Å². The topological polar surface area (TPSA) is 88.2 Å². The Morgan fingerprint density at radius 1 is 1.71 bits per heavy atom. The molecule has 0 aromatic carbocycles. The standard InChI is InChI=1S/C8H13N3O3/c1-5(3-8(12)13)9-4-7-10-6(2)11-14-7/h5,9H,3-4H2,1-2H3,(H,12,13). The van der Waals surface area contributed by atoms with Crippen molar-refractivity contribution in [1.29, 1.82) is 0 Å². The lowest BCUT2D eigenvalue weighted by Crippen LogP contribution is -2.28.